The fourth-order valence-electron chi connectivity index (χ4n) is 11.4. The van der Waals surface area contributed by atoms with Gasteiger partial charge < -0.3 is 4.39 Å². The molecule has 30 heteroatoms. The van der Waals surface area contributed by atoms with Gasteiger partial charge in [0, 0.05) is 47.0 Å². The molecule has 9 aromatic rings. The van der Waals surface area contributed by atoms with Gasteiger partial charge in [-0.2, -0.15) is 133 Å². The first-order valence-electron chi connectivity index (χ1n) is 29.2. The average Bonchev–Trinajstić information content (AvgIpc) is 0.708. The Kier molecular flexibility index (Phi) is 25.4. The molecule has 525 valence electrons. The van der Waals surface area contributed by atoms with Crippen molar-refractivity contribution in [3.63, 3.8) is 0 Å². The molecule has 0 aromatic heterocycles. The number of nitrogens with zero attached hydrogens (tertiary/aromatic N) is 1. The van der Waals surface area contributed by atoms with Gasteiger partial charge in [-0.25, -0.2) is 0 Å². The van der Waals surface area contributed by atoms with Crippen LogP contribution >= 0.6 is 15.8 Å². The summed E-state index contributed by atoms with van der Waals surface area (Å²) in [6, 6.07) is 46.5. The van der Waals surface area contributed by atoms with E-state index in [1.807, 2.05) is 0 Å². The van der Waals surface area contributed by atoms with Crippen molar-refractivity contribution in [2.75, 3.05) is 33.5 Å². The van der Waals surface area contributed by atoms with Crippen LogP contribution in [0.4, 0.5) is 105 Å². The molecule has 0 fully saturated rings. The number of benzene rings is 9. The van der Waals surface area contributed by atoms with E-state index < -0.39 is 211 Å². The van der Waals surface area contributed by atoms with Crippen molar-refractivity contribution in [3.05, 3.63) is 269 Å². The van der Waals surface area contributed by atoms with E-state index >= 15 is 0 Å². The summed E-state index contributed by atoms with van der Waals surface area (Å²) in [6.45, 7) is 0. The van der Waals surface area contributed by atoms with Crippen LogP contribution in [0.3, 0.4) is 0 Å². The topological polar surface area (TPSA) is 0 Å². The molecular formula is C68H56B2F24NP2Rh+. The number of hydrogen-bond donors (Lipinski definition) is 0. The van der Waals surface area contributed by atoms with Crippen LogP contribution in [0.2, 0.25) is 0 Å². The van der Waals surface area contributed by atoms with Crippen LogP contribution in [0.15, 0.2) is 224 Å². The SMILES string of the molecule is C[N+](C)(C)[BH2-]c1ccccc1.FC(F)(F)c1cc([B-](c2cc(C(F)(F)F)cc(C(F)(F)F)c2)(c2cc(C(F)(F)F)cc(C(F)(F)F)c2)c2cc(C(F)(F)F)cc(C(F)(F)F)c2)cc(C(F)(F)F)c1.[Rh].c1ccc([PH+](CCC[PH+](c2ccccc2)c2ccccc2)c2ccccc2)cc1. The van der Waals surface area contributed by atoms with Crippen LogP contribution in [0.1, 0.15) is 50.9 Å². The van der Waals surface area contributed by atoms with E-state index in [-0.39, 0.29) is 26.9 Å². The molecular weight excluding hydrogens is 1470 g/mol. The quantitative estimate of drug-likeness (QED) is 0.0578. The first kappa shape index (κ1) is 79.9. The van der Waals surface area contributed by atoms with Crippen LogP contribution < -0.4 is 48.5 Å². The minimum Gasteiger partial charge on any atom is -0.524 e. The van der Waals surface area contributed by atoms with Gasteiger partial charge in [0.05, 0.1) is 93.9 Å². The molecule has 0 aliphatic heterocycles. The fraction of sp³-hybridized carbons (Fsp3) is 0.206. The Labute approximate surface area is 563 Å². The largest absolute Gasteiger partial charge is 0.524 e. The van der Waals surface area contributed by atoms with Crippen LogP contribution in [0.25, 0.3) is 0 Å². The third-order valence-corrected chi connectivity index (χ3v) is 21.5. The Bertz CT molecular complexity index is 3440. The summed E-state index contributed by atoms with van der Waals surface area (Å²) in [5.74, 6) is 0. The molecule has 0 unspecified atom stereocenters. The zero-order chi connectivity index (χ0) is 72.0. The van der Waals surface area contributed by atoms with Gasteiger partial charge in [-0.1, -0.05) is 152 Å². The van der Waals surface area contributed by atoms with E-state index in [0.717, 1.165) is 4.39 Å². The summed E-state index contributed by atoms with van der Waals surface area (Å²) in [5.41, 5.74) is -28.7. The third-order valence-electron chi connectivity index (χ3n) is 15.7. The Morgan fingerprint density at radius 1 is 0.276 bits per heavy atom. The minimum absolute atomic E-state index is 0. The number of quaternary nitrogens is 1. The van der Waals surface area contributed by atoms with Crippen molar-refractivity contribution >= 4 is 77.9 Å². The number of rotatable bonds is 14. The average molecular weight is 1530 g/mol. The number of hydrogen-bond acceptors (Lipinski definition) is 0. The molecule has 0 atom stereocenters. The maximum atomic E-state index is 14.2. The molecule has 1 nitrogen and oxygen atoms in total. The van der Waals surface area contributed by atoms with Crippen molar-refractivity contribution in [2.45, 2.75) is 55.8 Å². The molecule has 0 spiro atoms. The van der Waals surface area contributed by atoms with Gasteiger partial charge in [-0.15, -0.1) is 0 Å². The van der Waals surface area contributed by atoms with Crippen molar-refractivity contribution in [1.82, 2.24) is 0 Å². The summed E-state index contributed by atoms with van der Waals surface area (Å²) < 4.78 is 342. The standard InChI is InChI=1S/C32H12BF24.C27H26P2.C9H16BN.Rh/c34-25(35,36)13-1-14(26(37,38)39)6-21(5-13)33(22-7-15(27(40,41)42)2-16(8-22)28(43,44)45,23-9-17(29(46,47)48)3-18(10-23)30(49,50)51)24-11-19(31(52,53)54)4-20(12-24)32(55,56)57;1-5-14-24(15-6-1)28(25-16-7-2-8-17-25)22-13-23-29(26-18-9-3-10-19-26)27-20-11-4-12-21-27;1-11(2,3)10-9-7-5-4-6-8-9;/h1-12H;1-12,14-21H,13,22-23H2;4-8H,10H2,1-3H3;/q-1;;;/p+2. The molecule has 98 heavy (non-hydrogen) atoms. The van der Waals surface area contributed by atoms with Crippen LogP contribution in [-0.4, -0.2) is 51.4 Å². The predicted octanol–water partition coefficient (Wildman–Crippen LogP) is 16.4. The van der Waals surface area contributed by atoms with Crippen molar-refractivity contribution in [2.24, 2.45) is 0 Å². The van der Waals surface area contributed by atoms with Gasteiger partial charge in [-0.05, 0) is 72.8 Å². The van der Waals surface area contributed by atoms with Gasteiger partial charge in [0.25, 0.3) is 0 Å². The first-order chi connectivity index (χ1) is 44.8. The molecule has 0 amide bonds. The molecule has 0 aliphatic rings. The van der Waals surface area contributed by atoms with Gasteiger partial charge >= 0.3 is 49.4 Å². The zero-order valence-corrected chi connectivity index (χ0v) is 55.1. The fourth-order valence-corrected chi connectivity index (χ4v) is 17.1. The van der Waals surface area contributed by atoms with Gasteiger partial charge in [0.15, 0.2) is 0 Å². The molecule has 0 saturated carbocycles. The minimum atomic E-state index is -6.13. The molecule has 0 N–H and O–H groups in total. The summed E-state index contributed by atoms with van der Waals surface area (Å²) >= 11 is 0. The van der Waals surface area contributed by atoms with E-state index in [2.05, 4.69) is 173 Å². The second kappa shape index (κ2) is 31.2. The summed E-state index contributed by atoms with van der Waals surface area (Å²) in [4.78, 5) is 0. The second-order valence-corrected chi connectivity index (χ2v) is 29.3. The van der Waals surface area contributed by atoms with E-state index in [4.69, 9.17) is 0 Å². The Hall–Kier alpha value is -7.13. The normalized spacial score (nSPS) is 12.9. The Morgan fingerprint density at radius 3 is 0.612 bits per heavy atom. The van der Waals surface area contributed by atoms with Gasteiger partial charge in [0.2, 0.25) is 7.41 Å². The van der Waals surface area contributed by atoms with Gasteiger partial charge in [0.1, 0.15) is 6.15 Å². The molecule has 1 radical (unpaired) electrons. The molecule has 0 heterocycles. The van der Waals surface area contributed by atoms with Crippen molar-refractivity contribution in [1.29, 1.82) is 0 Å². The smallest absolute Gasteiger partial charge is 0.416 e. The zero-order valence-electron chi connectivity index (χ0n) is 51.4. The maximum Gasteiger partial charge on any atom is 0.416 e. The monoisotopic (exact) mass is 1530 g/mol. The first-order valence-corrected chi connectivity index (χ1v) is 32.6. The summed E-state index contributed by atoms with van der Waals surface area (Å²) in [7, 11) is 5.27. The number of alkyl halides is 24. The van der Waals surface area contributed by atoms with Crippen LogP contribution in [0.5, 0.6) is 0 Å². The molecule has 0 saturated heterocycles. The Balaban J connectivity index is 0.000000302. The van der Waals surface area contributed by atoms with E-state index in [9.17, 15) is 105 Å². The van der Waals surface area contributed by atoms with E-state index in [1.54, 1.807) is 0 Å². The van der Waals surface area contributed by atoms with Crippen LogP contribution in [0, 0.1) is 0 Å². The molecule has 0 bridgehead atoms. The summed E-state index contributed by atoms with van der Waals surface area (Å²) in [6.07, 6.45) is -51.0. The maximum absolute atomic E-state index is 14.2. The Morgan fingerprint density at radius 2 is 0.449 bits per heavy atom. The van der Waals surface area contributed by atoms with Gasteiger partial charge in [-0.3, -0.25) is 0 Å². The van der Waals surface area contributed by atoms with E-state index in [0.29, 0.717) is 0 Å². The van der Waals surface area contributed by atoms with Crippen molar-refractivity contribution < 1.29 is 129 Å². The molecule has 9 rings (SSSR count). The van der Waals surface area contributed by atoms with E-state index in [1.165, 1.54) is 45.4 Å². The number of halogens is 24. The molecule has 9 aromatic carbocycles. The predicted molar refractivity (Wildman–Crippen MR) is 338 cm³/mol. The molecule has 0 aliphatic carbocycles. The van der Waals surface area contributed by atoms with Crippen LogP contribution in [-0.2, 0) is 68.9 Å². The second-order valence-electron chi connectivity index (χ2n) is 24.1. The third kappa shape index (κ3) is 21.2. The van der Waals surface area contributed by atoms with Crippen molar-refractivity contribution in [3.8, 4) is 0 Å². The summed E-state index contributed by atoms with van der Waals surface area (Å²) in [5, 5.41) is 6.10.